The number of benzene rings is 1. The molecule has 118 valence electrons. The molecule has 1 N–H and O–H groups in total. The van der Waals surface area contributed by atoms with Crippen LogP contribution in [0.4, 0.5) is 5.82 Å². The molecule has 1 heterocycles. The van der Waals surface area contributed by atoms with E-state index in [1.165, 1.54) is 5.56 Å². The van der Waals surface area contributed by atoms with Crippen LogP contribution in [0.15, 0.2) is 36.4 Å². The number of anilines is 1. The first-order valence-corrected chi connectivity index (χ1v) is 7.98. The third-order valence-corrected chi connectivity index (χ3v) is 3.25. The molecule has 0 saturated heterocycles. The molecule has 1 aromatic heterocycles. The Kier molecular flexibility index (Phi) is 6.19. The van der Waals surface area contributed by atoms with E-state index in [9.17, 15) is 0 Å². The number of nitrogens with zero attached hydrogens (tertiary/aromatic N) is 2. The van der Waals surface area contributed by atoms with Crippen molar-refractivity contribution in [2.45, 2.75) is 39.5 Å². The molecule has 0 aliphatic rings. The Morgan fingerprint density at radius 2 is 1.91 bits per heavy atom. The fourth-order valence-corrected chi connectivity index (χ4v) is 2.05. The van der Waals surface area contributed by atoms with Crippen molar-refractivity contribution in [1.29, 1.82) is 0 Å². The normalized spacial score (nSPS) is 10.7. The Labute approximate surface area is 133 Å². The van der Waals surface area contributed by atoms with E-state index < -0.39 is 0 Å². The van der Waals surface area contributed by atoms with Gasteiger partial charge in [0.15, 0.2) is 0 Å². The lowest BCUT2D eigenvalue weighted by molar-refractivity contribution is 0.303. The van der Waals surface area contributed by atoms with E-state index >= 15 is 0 Å². The molecule has 0 saturated carbocycles. The van der Waals surface area contributed by atoms with Crippen LogP contribution in [0.2, 0.25) is 0 Å². The quantitative estimate of drug-likeness (QED) is 0.799. The molecule has 0 bridgehead atoms. The van der Waals surface area contributed by atoms with Gasteiger partial charge in [0.25, 0.3) is 0 Å². The van der Waals surface area contributed by atoms with Crippen LogP contribution in [0.3, 0.4) is 0 Å². The lowest BCUT2D eigenvalue weighted by Crippen LogP contribution is -2.10. The molecule has 0 atom stereocenters. The first-order valence-electron chi connectivity index (χ1n) is 7.98. The predicted octanol–water partition coefficient (Wildman–Crippen LogP) is 4.04. The lowest BCUT2D eigenvalue weighted by atomic mass is 10.1. The summed E-state index contributed by atoms with van der Waals surface area (Å²) < 4.78 is 5.66. The molecule has 4 heteroatoms. The standard InChI is InChI=1S/C18H25N3O/c1-4-12-22-17-13-16(20-18(21-17)14(2)3)19-11-10-15-8-6-5-7-9-15/h5-9,13-14H,4,10-12H2,1-3H3,(H,19,20,21). The highest BCUT2D eigenvalue weighted by Crippen LogP contribution is 2.18. The van der Waals surface area contributed by atoms with Crippen LogP contribution in [-0.2, 0) is 6.42 Å². The molecular weight excluding hydrogens is 274 g/mol. The van der Waals surface area contributed by atoms with E-state index in [4.69, 9.17) is 4.74 Å². The minimum atomic E-state index is 0.278. The highest BCUT2D eigenvalue weighted by Gasteiger charge is 2.08. The molecule has 22 heavy (non-hydrogen) atoms. The number of aromatic nitrogens is 2. The van der Waals surface area contributed by atoms with Gasteiger partial charge in [-0.1, -0.05) is 51.1 Å². The molecule has 0 unspecified atom stereocenters. The van der Waals surface area contributed by atoms with Gasteiger partial charge in [0.05, 0.1) is 6.61 Å². The van der Waals surface area contributed by atoms with E-state index in [2.05, 4.69) is 60.3 Å². The lowest BCUT2D eigenvalue weighted by Gasteiger charge is -2.12. The highest BCUT2D eigenvalue weighted by molar-refractivity contribution is 5.39. The zero-order chi connectivity index (χ0) is 15.8. The van der Waals surface area contributed by atoms with Gasteiger partial charge in [-0.15, -0.1) is 0 Å². The summed E-state index contributed by atoms with van der Waals surface area (Å²) >= 11 is 0. The van der Waals surface area contributed by atoms with Gasteiger partial charge in [-0.25, -0.2) is 4.98 Å². The second kappa shape index (κ2) is 8.37. The second-order valence-corrected chi connectivity index (χ2v) is 5.62. The minimum Gasteiger partial charge on any atom is -0.478 e. The van der Waals surface area contributed by atoms with Gasteiger partial charge >= 0.3 is 0 Å². The van der Waals surface area contributed by atoms with Gasteiger partial charge in [0.2, 0.25) is 5.88 Å². The maximum Gasteiger partial charge on any atom is 0.218 e. The molecule has 0 spiro atoms. The summed E-state index contributed by atoms with van der Waals surface area (Å²) in [5, 5.41) is 3.37. The fourth-order valence-electron chi connectivity index (χ4n) is 2.05. The summed E-state index contributed by atoms with van der Waals surface area (Å²) in [5.41, 5.74) is 1.32. The molecule has 0 aliphatic carbocycles. The van der Waals surface area contributed by atoms with Crippen molar-refractivity contribution in [3.63, 3.8) is 0 Å². The summed E-state index contributed by atoms with van der Waals surface area (Å²) in [7, 11) is 0. The Morgan fingerprint density at radius 3 is 2.59 bits per heavy atom. The number of ether oxygens (including phenoxy) is 1. The predicted molar refractivity (Wildman–Crippen MR) is 90.5 cm³/mol. The maximum atomic E-state index is 5.66. The first kappa shape index (κ1) is 16.3. The number of hydrogen-bond donors (Lipinski definition) is 1. The SMILES string of the molecule is CCCOc1cc(NCCc2ccccc2)nc(C(C)C)n1. The zero-order valence-corrected chi connectivity index (χ0v) is 13.7. The topological polar surface area (TPSA) is 47.0 Å². The monoisotopic (exact) mass is 299 g/mol. The van der Waals surface area contributed by atoms with Crippen LogP contribution < -0.4 is 10.1 Å². The number of nitrogens with one attached hydrogen (secondary N) is 1. The van der Waals surface area contributed by atoms with Crippen LogP contribution in [0.5, 0.6) is 5.88 Å². The van der Waals surface area contributed by atoms with Crippen LogP contribution >= 0.6 is 0 Å². The first-order chi connectivity index (χ1) is 10.7. The average molecular weight is 299 g/mol. The molecule has 4 nitrogen and oxygen atoms in total. The van der Waals surface area contributed by atoms with Crippen LogP contribution in [0.25, 0.3) is 0 Å². The van der Waals surface area contributed by atoms with Gasteiger partial charge in [-0.2, -0.15) is 4.98 Å². The van der Waals surface area contributed by atoms with Gasteiger partial charge in [-0.3, -0.25) is 0 Å². The smallest absolute Gasteiger partial charge is 0.218 e. The molecule has 2 rings (SSSR count). The third kappa shape index (κ3) is 5.02. The van der Waals surface area contributed by atoms with Crippen molar-refractivity contribution in [1.82, 2.24) is 9.97 Å². The van der Waals surface area contributed by atoms with Crippen molar-refractivity contribution in [3.05, 3.63) is 47.8 Å². The second-order valence-electron chi connectivity index (χ2n) is 5.62. The van der Waals surface area contributed by atoms with Gasteiger partial charge in [-0.05, 0) is 18.4 Å². The molecule has 0 radical (unpaired) electrons. The van der Waals surface area contributed by atoms with Crippen LogP contribution in [0, 0.1) is 0 Å². The van der Waals surface area contributed by atoms with Crippen molar-refractivity contribution < 1.29 is 4.74 Å². The highest BCUT2D eigenvalue weighted by atomic mass is 16.5. The molecule has 2 aromatic rings. The summed E-state index contributed by atoms with van der Waals surface area (Å²) in [6.45, 7) is 7.78. The maximum absolute atomic E-state index is 5.66. The zero-order valence-electron chi connectivity index (χ0n) is 13.7. The molecule has 0 amide bonds. The Balaban J connectivity index is 2.00. The minimum absolute atomic E-state index is 0.278. The van der Waals surface area contributed by atoms with Crippen LogP contribution in [0.1, 0.15) is 44.5 Å². The average Bonchev–Trinajstić information content (AvgIpc) is 2.54. The summed E-state index contributed by atoms with van der Waals surface area (Å²) in [6, 6.07) is 12.3. The van der Waals surface area contributed by atoms with E-state index in [1.807, 2.05) is 12.1 Å². The van der Waals surface area contributed by atoms with E-state index in [0.717, 1.165) is 31.0 Å². The van der Waals surface area contributed by atoms with E-state index in [-0.39, 0.29) is 5.92 Å². The van der Waals surface area contributed by atoms with Crippen molar-refractivity contribution in [3.8, 4) is 5.88 Å². The fraction of sp³-hybridized carbons (Fsp3) is 0.444. The van der Waals surface area contributed by atoms with E-state index in [1.54, 1.807) is 0 Å². The van der Waals surface area contributed by atoms with Gasteiger partial charge in [0.1, 0.15) is 11.6 Å². The largest absolute Gasteiger partial charge is 0.478 e. The summed E-state index contributed by atoms with van der Waals surface area (Å²) in [4.78, 5) is 9.03. The Morgan fingerprint density at radius 1 is 1.14 bits per heavy atom. The summed E-state index contributed by atoms with van der Waals surface area (Å²) in [5.74, 6) is 2.58. The summed E-state index contributed by atoms with van der Waals surface area (Å²) in [6.07, 6.45) is 1.94. The molecule has 1 aromatic carbocycles. The van der Waals surface area contributed by atoms with Crippen molar-refractivity contribution in [2.24, 2.45) is 0 Å². The van der Waals surface area contributed by atoms with Gasteiger partial charge in [0, 0.05) is 18.5 Å². The molecule has 0 aliphatic heterocycles. The molecule has 0 fully saturated rings. The third-order valence-electron chi connectivity index (χ3n) is 3.25. The Hall–Kier alpha value is -2.10. The Bertz CT molecular complexity index is 570. The molecular formula is C18H25N3O. The van der Waals surface area contributed by atoms with Crippen molar-refractivity contribution >= 4 is 5.82 Å². The number of hydrogen-bond acceptors (Lipinski definition) is 4. The van der Waals surface area contributed by atoms with Gasteiger partial charge < -0.3 is 10.1 Å². The number of rotatable bonds is 8. The van der Waals surface area contributed by atoms with E-state index in [0.29, 0.717) is 12.5 Å². The van der Waals surface area contributed by atoms with Crippen molar-refractivity contribution in [2.75, 3.05) is 18.5 Å². The van der Waals surface area contributed by atoms with Crippen LogP contribution in [-0.4, -0.2) is 23.1 Å².